The summed E-state index contributed by atoms with van der Waals surface area (Å²) in [6.07, 6.45) is -0.586. The zero-order valence-corrected chi connectivity index (χ0v) is 14.6. The zero-order chi connectivity index (χ0) is 17.2. The lowest BCUT2D eigenvalue weighted by molar-refractivity contribution is -0.139. The molecule has 7 heteroatoms. The number of carboxylic acids is 1. The number of carboxylic acid groups (broad SMARTS) is 1. The fourth-order valence-electron chi connectivity index (χ4n) is 2.08. The topological polar surface area (TPSA) is 75.6 Å². The van der Waals surface area contributed by atoms with Gasteiger partial charge in [0.1, 0.15) is 11.6 Å². The molecule has 23 heavy (non-hydrogen) atoms. The molecule has 2 rings (SSSR count). The summed E-state index contributed by atoms with van der Waals surface area (Å²) in [6.45, 7) is 5.16. The van der Waals surface area contributed by atoms with Crippen LogP contribution in [0.25, 0.3) is 10.1 Å². The number of carbonyl (C=O) groups excluding carboxylic acids is 1. The number of fused-ring (bicyclic) bond motifs is 1. The van der Waals surface area contributed by atoms with Crippen molar-refractivity contribution < 1.29 is 19.4 Å². The predicted octanol–water partition coefficient (Wildman–Crippen LogP) is 4.08. The first-order chi connectivity index (χ1) is 10.7. The molecule has 0 aliphatic heterocycles. The third kappa shape index (κ3) is 4.84. The van der Waals surface area contributed by atoms with E-state index in [2.05, 4.69) is 5.32 Å². The standard InChI is InChI=1S/C16H18ClNO4S/c1-16(2,3)22-15(21)18-12(14(19)20)6-9-8-23-13-5-4-10(17)7-11(9)13/h4-5,7-8,12H,6H2,1-3H3,(H,18,21)(H,19,20)/t12-/m0/s1. The Morgan fingerprint density at radius 2 is 2.09 bits per heavy atom. The molecule has 0 spiro atoms. The average molecular weight is 356 g/mol. The van der Waals surface area contributed by atoms with Gasteiger partial charge in [-0.2, -0.15) is 0 Å². The lowest BCUT2D eigenvalue weighted by Gasteiger charge is -2.22. The Kier molecular flexibility index (Phi) is 5.16. The largest absolute Gasteiger partial charge is 0.480 e. The summed E-state index contributed by atoms with van der Waals surface area (Å²) in [6, 6.07) is 4.41. The average Bonchev–Trinajstić information content (AvgIpc) is 2.78. The van der Waals surface area contributed by atoms with E-state index in [-0.39, 0.29) is 6.42 Å². The molecule has 1 atom stereocenters. The summed E-state index contributed by atoms with van der Waals surface area (Å²) in [5.74, 6) is -1.11. The van der Waals surface area contributed by atoms with Crippen LogP contribution in [0.2, 0.25) is 5.02 Å². The minimum atomic E-state index is -1.11. The Hall–Kier alpha value is -1.79. The first-order valence-electron chi connectivity index (χ1n) is 7.03. The van der Waals surface area contributed by atoms with Crippen molar-refractivity contribution in [1.29, 1.82) is 0 Å². The lowest BCUT2D eigenvalue weighted by Crippen LogP contribution is -2.44. The Morgan fingerprint density at radius 3 is 2.70 bits per heavy atom. The molecule has 0 aliphatic rings. The number of ether oxygens (including phenoxy) is 1. The molecule has 5 nitrogen and oxygen atoms in total. The van der Waals surface area contributed by atoms with Gasteiger partial charge in [-0.25, -0.2) is 9.59 Å². The number of amides is 1. The number of hydrogen-bond donors (Lipinski definition) is 2. The number of alkyl carbamates (subject to hydrolysis) is 1. The van der Waals surface area contributed by atoms with Crippen LogP contribution in [-0.4, -0.2) is 28.8 Å². The summed E-state index contributed by atoms with van der Waals surface area (Å²) in [5.41, 5.74) is 0.145. The maximum atomic E-state index is 11.8. The molecule has 0 unspecified atom stereocenters. The number of rotatable bonds is 4. The van der Waals surface area contributed by atoms with Crippen LogP contribution in [-0.2, 0) is 16.0 Å². The van der Waals surface area contributed by atoms with E-state index >= 15 is 0 Å². The van der Waals surface area contributed by atoms with Gasteiger partial charge in [-0.15, -0.1) is 11.3 Å². The minimum absolute atomic E-state index is 0.162. The molecule has 0 aliphatic carbocycles. The van der Waals surface area contributed by atoms with E-state index in [4.69, 9.17) is 16.3 Å². The second-order valence-electron chi connectivity index (χ2n) is 6.14. The van der Waals surface area contributed by atoms with Gasteiger partial charge in [0.25, 0.3) is 0 Å². The van der Waals surface area contributed by atoms with Crippen LogP contribution in [0.1, 0.15) is 26.3 Å². The molecule has 2 aromatic rings. The second-order valence-corrected chi connectivity index (χ2v) is 7.49. The molecule has 0 saturated carbocycles. The summed E-state index contributed by atoms with van der Waals surface area (Å²) in [7, 11) is 0. The minimum Gasteiger partial charge on any atom is -0.480 e. The van der Waals surface area contributed by atoms with Crippen LogP contribution in [0.3, 0.4) is 0 Å². The molecule has 1 aromatic carbocycles. The van der Waals surface area contributed by atoms with Crippen LogP contribution >= 0.6 is 22.9 Å². The van der Waals surface area contributed by atoms with Gasteiger partial charge in [-0.05, 0) is 55.3 Å². The van der Waals surface area contributed by atoms with E-state index in [1.807, 2.05) is 11.4 Å². The van der Waals surface area contributed by atoms with Crippen LogP contribution in [0.5, 0.6) is 0 Å². The van der Waals surface area contributed by atoms with Gasteiger partial charge in [-0.3, -0.25) is 0 Å². The Balaban J connectivity index is 2.17. The number of carbonyl (C=O) groups is 2. The van der Waals surface area contributed by atoms with E-state index in [0.29, 0.717) is 5.02 Å². The third-order valence-corrected chi connectivity index (χ3v) is 4.28. The van der Waals surface area contributed by atoms with Crippen LogP contribution < -0.4 is 5.32 Å². The maximum Gasteiger partial charge on any atom is 0.408 e. The normalized spacial score (nSPS) is 12.9. The van der Waals surface area contributed by atoms with E-state index in [0.717, 1.165) is 15.6 Å². The highest BCUT2D eigenvalue weighted by Crippen LogP contribution is 2.29. The van der Waals surface area contributed by atoms with Crippen LogP contribution in [0.15, 0.2) is 23.6 Å². The molecular formula is C16H18ClNO4S. The van der Waals surface area contributed by atoms with Gasteiger partial charge in [0, 0.05) is 16.1 Å². The molecule has 2 N–H and O–H groups in total. The monoisotopic (exact) mass is 355 g/mol. The van der Waals surface area contributed by atoms with Gasteiger partial charge in [-0.1, -0.05) is 11.6 Å². The number of benzene rings is 1. The third-order valence-electron chi connectivity index (χ3n) is 3.03. The van der Waals surface area contributed by atoms with Gasteiger partial charge >= 0.3 is 12.1 Å². The second kappa shape index (κ2) is 6.76. The highest BCUT2D eigenvalue weighted by molar-refractivity contribution is 7.17. The number of aliphatic carboxylic acids is 1. The molecule has 124 valence electrons. The zero-order valence-electron chi connectivity index (χ0n) is 13.1. The summed E-state index contributed by atoms with van der Waals surface area (Å²) in [4.78, 5) is 23.2. The number of nitrogens with one attached hydrogen (secondary N) is 1. The van der Waals surface area contributed by atoms with Crippen molar-refractivity contribution >= 4 is 45.1 Å². The molecule has 0 radical (unpaired) electrons. The van der Waals surface area contributed by atoms with E-state index in [9.17, 15) is 14.7 Å². The summed E-state index contributed by atoms with van der Waals surface area (Å²) < 4.78 is 6.13. The molecule has 0 fully saturated rings. The molecule has 0 saturated heterocycles. The summed E-state index contributed by atoms with van der Waals surface area (Å²) >= 11 is 7.51. The SMILES string of the molecule is CC(C)(C)OC(=O)N[C@@H](Cc1csc2ccc(Cl)cc12)C(=O)O. The molecule has 1 heterocycles. The van der Waals surface area contributed by atoms with Gasteiger partial charge in [0.05, 0.1) is 0 Å². The maximum absolute atomic E-state index is 11.8. The fourth-order valence-corrected chi connectivity index (χ4v) is 3.21. The van der Waals surface area contributed by atoms with Crippen molar-refractivity contribution in [1.82, 2.24) is 5.32 Å². The predicted molar refractivity (Wildman–Crippen MR) is 91.3 cm³/mol. The highest BCUT2D eigenvalue weighted by Gasteiger charge is 2.25. The molecule has 0 bridgehead atoms. The fraction of sp³-hybridized carbons (Fsp3) is 0.375. The first kappa shape index (κ1) is 17.6. The molecule has 1 amide bonds. The Labute approximate surface area is 143 Å². The molecular weight excluding hydrogens is 338 g/mol. The van der Waals surface area contributed by atoms with Gasteiger partial charge in [0.15, 0.2) is 0 Å². The van der Waals surface area contributed by atoms with Crippen LogP contribution in [0, 0.1) is 0 Å². The van der Waals surface area contributed by atoms with Crippen LogP contribution in [0.4, 0.5) is 4.79 Å². The van der Waals surface area contributed by atoms with E-state index < -0.39 is 23.7 Å². The number of hydrogen-bond acceptors (Lipinski definition) is 4. The Morgan fingerprint density at radius 1 is 1.39 bits per heavy atom. The van der Waals surface area contributed by atoms with Crippen molar-refractivity contribution in [2.24, 2.45) is 0 Å². The lowest BCUT2D eigenvalue weighted by atomic mass is 10.1. The van der Waals surface area contributed by atoms with Gasteiger partial charge < -0.3 is 15.2 Å². The smallest absolute Gasteiger partial charge is 0.408 e. The van der Waals surface area contributed by atoms with E-state index in [1.54, 1.807) is 32.9 Å². The van der Waals surface area contributed by atoms with Crippen molar-refractivity contribution in [3.05, 3.63) is 34.2 Å². The molecule has 1 aromatic heterocycles. The highest BCUT2D eigenvalue weighted by atomic mass is 35.5. The van der Waals surface area contributed by atoms with Crippen molar-refractivity contribution in [2.45, 2.75) is 38.8 Å². The van der Waals surface area contributed by atoms with Crippen molar-refractivity contribution in [2.75, 3.05) is 0 Å². The number of thiophene rings is 1. The van der Waals surface area contributed by atoms with Crippen molar-refractivity contribution in [3.63, 3.8) is 0 Å². The van der Waals surface area contributed by atoms with Gasteiger partial charge in [0.2, 0.25) is 0 Å². The number of halogens is 1. The quantitative estimate of drug-likeness (QED) is 0.866. The van der Waals surface area contributed by atoms with Crippen molar-refractivity contribution in [3.8, 4) is 0 Å². The Bertz CT molecular complexity index is 735. The van der Waals surface area contributed by atoms with E-state index in [1.165, 1.54) is 11.3 Å². The first-order valence-corrected chi connectivity index (χ1v) is 8.29. The summed E-state index contributed by atoms with van der Waals surface area (Å²) in [5, 5.41) is 15.1.